The Labute approximate surface area is 158 Å². The monoisotopic (exact) mass is 372 g/mol. The summed E-state index contributed by atoms with van der Waals surface area (Å²) in [5.74, 6) is -0.729. The number of aryl methyl sites for hydroxylation is 1. The molecule has 1 N–H and O–H groups in total. The Morgan fingerprint density at radius 3 is 2.48 bits per heavy atom. The molecular formula is C20H25FN4O2. The average molecular weight is 372 g/mol. The molecular weight excluding hydrogens is 347 g/mol. The highest BCUT2D eigenvalue weighted by atomic mass is 19.1. The molecule has 0 saturated carbocycles. The van der Waals surface area contributed by atoms with Gasteiger partial charge in [0.05, 0.1) is 17.9 Å². The maximum atomic E-state index is 13.1. The van der Waals surface area contributed by atoms with Crippen LogP contribution < -0.4 is 5.32 Å². The van der Waals surface area contributed by atoms with Crippen molar-refractivity contribution < 1.29 is 14.0 Å². The molecule has 0 spiro atoms. The molecule has 2 aromatic rings. The molecule has 0 saturated heterocycles. The fourth-order valence-electron chi connectivity index (χ4n) is 2.76. The Morgan fingerprint density at radius 1 is 1.22 bits per heavy atom. The van der Waals surface area contributed by atoms with Gasteiger partial charge in [-0.2, -0.15) is 5.10 Å². The van der Waals surface area contributed by atoms with Crippen molar-refractivity contribution in [3.8, 4) is 5.69 Å². The summed E-state index contributed by atoms with van der Waals surface area (Å²) < 4.78 is 14.8. The van der Waals surface area contributed by atoms with E-state index in [2.05, 4.69) is 10.4 Å². The highest BCUT2D eigenvalue weighted by molar-refractivity contribution is 5.94. The quantitative estimate of drug-likeness (QED) is 0.760. The molecule has 6 nitrogen and oxygen atoms in total. The normalized spacial score (nSPS) is 11.0. The smallest absolute Gasteiger partial charge is 0.247 e. The van der Waals surface area contributed by atoms with Gasteiger partial charge in [-0.15, -0.1) is 0 Å². The Kier molecular flexibility index (Phi) is 6.87. The number of nitrogens with zero attached hydrogens (tertiary/aromatic N) is 3. The van der Waals surface area contributed by atoms with Gasteiger partial charge >= 0.3 is 0 Å². The summed E-state index contributed by atoms with van der Waals surface area (Å²) in [6, 6.07) is 6.06. The van der Waals surface area contributed by atoms with E-state index in [9.17, 15) is 14.0 Å². The first-order valence-corrected chi connectivity index (χ1v) is 8.93. The van der Waals surface area contributed by atoms with E-state index in [0.29, 0.717) is 13.1 Å². The summed E-state index contributed by atoms with van der Waals surface area (Å²) in [5, 5.41) is 7.17. The number of amides is 2. The molecule has 0 aliphatic rings. The standard InChI is InChI=1S/C20H25FN4O2/c1-5-22-19(26)13-24(6-2)20(27)12-11-18-14(3)23-25(15(18)4)17-9-7-16(21)8-10-17/h7-12H,5-6,13H2,1-4H3,(H,22,26)/b12-11+. The molecule has 27 heavy (non-hydrogen) atoms. The SMILES string of the molecule is CCNC(=O)CN(CC)C(=O)/C=C/c1c(C)nn(-c2ccc(F)cc2)c1C. The van der Waals surface area contributed by atoms with Crippen molar-refractivity contribution in [2.45, 2.75) is 27.7 Å². The minimum absolute atomic E-state index is 0.0281. The van der Waals surface area contributed by atoms with Crippen LogP contribution in [0.3, 0.4) is 0 Å². The Bertz CT molecular complexity index is 840. The molecule has 0 fully saturated rings. The first-order valence-electron chi connectivity index (χ1n) is 8.93. The van der Waals surface area contributed by atoms with Gasteiger partial charge in [0.1, 0.15) is 5.82 Å². The number of aromatic nitrogens is 2. The van der Waals surface area contributed by atoms with E-state index >= 15 is 0 Å². The molecule has 2 rings (SSSR count). The van der Waals surface area contributed by atoms with E-state index in [1.54, 1.807) is 22.9 Å². The largest absolute Gasteiger partial charge is 0.355 e. The number of benzene rings is 1. The lowest BCUT2D eigenvalue weighted by atomic mass is 10.1. The second-order valence-corrected chi connectivity index (χ2v) is 6.11. The number of carbonyl (C=O) groups excluding carboxylic acids is 2. The van der Waals surface area contributed by atoms with E-state index in [-0.39, 0.29) is 24.2 Å². The molecule has 0 aliphatic carbocycles. The van der Waals surface area contributed by atoms with Gasteiger partial charge in [-0.3, -0.25) is 9.59 Å². The van der Waals surface area contributed by atoms with Crippen LogP contribution in [0.2, 0.25) is 0 Å². The highest BCUT2D eigenvalue weighted by Crippen LogP contribution is 2.19. The van der Waals surface area contributed by atoms with Crippen molar-refractivity contribution >= 4 is 17.9 Å². The van der Waals surface area contributed by atoms with E-state index in [1.807, 2.05) is 27.7 Å². The summed E-state index contributed by atoms with van der Waals surface area (Å²) in [5.41, 5.74) is 3.17. The minimum atomic E-state index is -0.308. The second kappa shape index (κ2) is 9.12. The van der Waals surface area contributed by atoms with Crippen molar-refractivity contribution in [3.05, 3.63) is 53.1 Å². The Balaban J connectivity index is 2.20. The second-order valence-electron chi connectivity index (χ2n) is 6.11. The van der Waals surface area contributed by atoms with E-state index in [1.165, 1.54) is 23.1 Å². The maximum Gasteiger partial charge on any atom is 0.247 e. The summed E-state index contributed by atoms with van der Waals surface area (Å²) in [6.45, 7) is 8.40. The van der Waals surface area contributed by atoms with Crippen LogP contribution in [0.5, 0.6) is 0 Å². The number of likely N-dealkylation sites (N-methyl/N-ethyl adjacent to an activating group) is 2. The number of halogens is 1. The van der Waals surface area contributed by atoms with Gasteiger partial charge in [-0.25, -0.2) is 9.07 Å². The first kappa shape index (κ1) is 20.4. The molecule has 0 unspecified atom stereocenters. The van der Waals surface area contributed by atoms with Crippen LogP contribution in [-0.2, 0) is 9.59 Å². The fraction of sp³-hybridized carbons (Fsp3) is 0.350. The first-order chi connectivity index (χ1) is 12.9. The van der Waals surface area contributed by atoms with Crippen LogP contribution >= 0.6 is 0 Å². The molecule has 0 radical (unpaired) electrons. The summed E-state index contributed by atoms with van der Waals surface area (Å²) in [4.78, 5) is 25.6. The molecule has 2 amide bonds. The van der Waals surface area contributed by atoms with Crippen LogP contribution in [0.1, 0.15) is 30.8 Å². The average Bonchev–Trinajstić information content (AvgIpc) is 2.92. The number of hydrogen-bond donors (Lipinski definition) is 1. The topological polar surface area (TPSA) is 67.2 Å². The van der Waals surface area contributed by atoms with E-state index in [0.717, 1.165) is 22.6 Å². The minimum Gasteiger partial charge on any atom is -0.355 e. The zero-order valence-electron chi connectivity index (χ0n) is 16.1. The third kappa shape index (κ3) is 5.03. The molecule has 0 bridgehead atoms. The van der Waals surface area contributed by atoms with Gasteiger partial charge in [-0.05, 0) is 58.0 Å². The molecule has 1 aromatic heterocycles. The number of rotatable bonds is 7. The third-order valence-corrected chi connectivity index (χ3v) is 4.21. The zero-order valence-corrected chi connectivity index (χ0v) is 16.1. The lowest BCUT2D eigenvalue weighted by Crippen LogP contribution is -2.39. The lowest BCUT2D eigenvalue weighted by molar-refractivity contribution is -0.132. The summed E-state index contributed by atoms with van der Waals surface area (Å²) in [6.07, 6.45) is 3.16. The van der Waals surface area contributed by atoms with Gasteiger partial charge in [0, 0.05) is 30.4 Å². The molecule has 0 aliphatic heterocycles. The van der Waals surface area contributed by atoms with Crippen molar-refractivity contribution in [1.82, 2.24) is 20.0 Å². The van der Waals surface area contributed by atoms with Crippen LogP contribution in [0.15, 0.2) is 30.3 Å². The van der Waals surface area contributed by atoms with Crippen molar-refractivity contribution in [3.63, 3.8) is 0 Å². The number of carbonyl (C=O) groups is 2. The number of hydrogen-bond acceptors (Lipinski definition) is 3. The van der Waals surface area contributed by atoms with Gasteiger partial charge < -0.3 is 10.2 Å². The van der Waals surface area contributed by atoms with E-state index in [4.69, 9.17) is 0 Å². The molecule has 0 atom stereocenters. The molecule has 144 valence electrons. The van der Waals surface area contributed by atoms with Gasteiger partial charge in [0.25, 0.3) is 0 Å². The lowest BCUT2D eigenvalue weighted by Gasteiger charge is -2.18. The zero-order chi connectivity index (χ0) is 20.0. The maximum absolute atomic E-state index is 13.1. The van der Waals surface area contributed by atoms with Crippen LogP contribution in [0, 0.1) is 19.7 Å². The predicted octanol–water partition coefficient (Wildman–Crippen LogP) is 2.63. The number of nitrogens with one attached hydrogen (secondary N) is 1. The van der Waals surface area contributed by atoms with E-state index < -0.39 is 0 Å². The van der Waals surface area contributed by atoms with Crippen LogP contribution in [0.4, 0.5) is 4.39 Å². The molecule has 1 heterocycles. The van der Waals surface area contributed by atoms with Crippen LogP contribution in [-0.4, -0.2) is 46.1 Å². The fourth-order valence-corrected chi connectivity index (χ4v) is 2.76. The molecule has 7 heteroatoms. The molecule has 1 aromatic carbocycles. The van der Waals surface area contributed by atoms with Crippen LogP contribution in [0.25, 0.3) is 11.8 Å². The Morgan fingerprint density at radius 2 is 1.89 bits per heavy atom. The van der Waals surface area contributed by atoms with Gasteiger partial charge in [0.2, 0.25) is 11.8 Å². The third-order valence-electron chi connectivity index (χ3n) is 4.21. The predicted molar refractivity (Wildman–Crippen MR) is 103 cm³/mol. The van der Waals surface area contributed by atoms with Gasteiger partial charge in [0.15, 0.2) is 0 Å². The summed E-state index contributed by atoms with van der Waals surface area (Å²) >= 11 is 0. The Hall–Kier alpha value is -2.96. The van der Waals surface area contributed by atoms with Gasteiger partial charge in [-0.1, -0.05) is 0 Å². The highest BCUT2D eigenvalue weighted by Gasteiger charge is 2.14. The van der Waals surface area contributed by atoms with Crippen molar-refractivity contribution in [2.75, 3.05) is 19.6 Å². The summed E-state index contributed by atoms with van der Waals surface area (Å²) in [7, 11) is 0. The van der Waals surface area contributed by atoms with Crippen molar-refractivity contribution in [1.29, 1.82) is 0 Å². The van der Waals surface area contributed by atoms with Crippen molar-refractivity contribution in [2.24, 2.45) is 0 Å².